The van der Waals surface area contributed by atoms with Crippen LogP contribution in [-0.4, -0.2) is 59.3 Å². The largest absolute Gasteiger partial charge is 0.493 e. The molecule has 2 aromatic carbocycles. The number of likely N-dealkylation sites (N-methyl/N-ethyl adjacent to an activating group) is 1. The molecule has 0 aliphatic carbocycles. The first-order chi connectivity index (χ1) is 14.0. The molecule has 1 unspecified atom stereocenters. The fourth-order valence-electron chi connectivity index (χ4n) is 3.09. The monoisotopic (exact) mass is 402 g/mol. The lowest BCUT2D eigenvalue weighted by Crippen LogP contribution is -2.42. The van der Waals surface area contributed by atoms with Crippen LogP contribution >= 0.6 is 0 Å². The molecule has 29 heavy (non-hydrogen) atoms. The van der Waals surface area contributed by atoms with E-state index in [1.165, 1.54) is 6.07 Å². The number of ether oxygens (including phenoxy) is 2. The summed E-state index contributed by atoms with van der Waals surface area (Å²) in [6.45, 7) is 1.31. The van der Waals surface area contributed by atoms with Crippen molar-refractivity contribution in [1.29, 1.82) is 0 Å². The number of guanidine groups is 1. The van der Waals surface area contributed by atoms with E-state index < -0.39 is 0 Å². The van der Waals surface area contributed by atoms with Crippen molar-refractivity contribution < 1.29 is 13.9 Å². The van der Waals surface area contributed by atoms with E-state index in [1.54, 1.807) is 33.4 Å². The van der Waals surface area contributed by atoms with Gasteiger partial charge in [0.15, 0.2) is 17.5 Å². The van der Waals surface area contributed by atoms with Crippen LogP contribution in [0.5, 0.6) is 11.5 Å². The van der Waals surface area contributed by atoms with Crippen LogP contribution in [0.3, 0.4) is 0 Å². The minimum Gasteiger partial charge on any atom is -0.493 e. The van der Waals surface area contributed by atoms with Crippen LogP contribution < -0.4 is 20.1 Å². The molecule has 0 fully saturated rings. The number of hydrogen-bond acceptors (Lipinski definition) is 4. The maximum atomic E-state index is 13.6. The topological polar surface area (TPSA) is 58.1 Å². The Labute approximate surface area is 172 Å². The Morgan fingerprint density at radius 2 is 1.83 bits per heavy atom. The standard InChI is InChI=1S/C22H31FN4O2/c1-24-22(25-12-11-16-9-10-20(28-4)21(13-16)29-5)26-15-19(27(2)3)17-7-6-8-18(23)14-17/h6-10,13-14,19H,11-12,15H2,1-5H3,(H2,24,25,26). The second kappa shape index (κ2) is 11.3. The molecule has 1 atom stereocenters. The lowest BCUT2D eigenvalue weighted by Gasteiger charge is -2.26. The van der Waals surface area contributed by atoms with Crippen LogP contribution in [-0.2, 0) is 6.42 Å². The second-order valence-corrected chi connectivity index (χ2v) is 6.85. The van der Waals surface area contributed by atoms with E-state index in [0.29, 0.717) is 24.8 Å². The Morgan fingerprint density at radius 3 is 2.45 bits per heavy atom. The van der Waals surface area contributed by atoms with E-state index in [-0.39, 0.29) is 11.9 Å². The van der Waals surface area contributed by atoms with Gasteiger partial charge < -0.3 is 25.0 Å². The van der Waals surface area contributed by atoms with Gasteiger partial charge in [0.1, 0.15) is 5.82 Å². The molecule has 158 valence electrons. The number of benzene rings is 2. The van der Waals surface area contributed by atoms with Gasteiger partial charge in [-0.3, -0.25) is 4.99 Å². The molecule has 0 saturated carbocycles. The molecule has 7 heteroatoms. The Balaban J connectivity index is 1.90. The molecule has 0 radical (unpaired) electrons. The highest BCUT2D eigenvalue weighted by Gasteiger charge is 2.15. The third-order valence-corrected chi connectivity index (χ3v) is 4.70. The van der Waals surface area contributed by atoms with Crippen LogP contribution in [0.2, 0.25) is 0 Å². The third kappa shape index (κ3) is 6.64. The van der Waals surface area contributed by atoms with Gasteiger partial charge in [-0.25, -0.2) is 4.39 Å². The van der Waals surface area contributed by atoms with Gasteiger partial charge in [0.05, 0.1) is 20.3 Å². The first kappa shape index (κ1) is 22.5. The fourth-order valence-corrected chi connectivity index (χ4v) is 3.09. The second-order valence-electron chi connectivity index (χ2n) is 6.85. The molecule has 0 aliphatic heterocycles. The number of rotatable bonds is 9. The van der Waals surface area contributed by atoms with Crippen molar-refractivity contribution in [2.45, 2.75) is 12.5 Å². The van der Waals surface area contributed by atoms with Gasteiger partial charge in [0.25, 0.3) is 0 Å². The molecule has 6 nitrogen and oxygen atoms in total. The van der Waals surface area contributed by atoms with Crippen molar-refractivity contribution in [3.8, 4) is 11.5 Å². The minimum absolute atomic E-state index is 0.0232. The molecule has 0 amide bonds. The smallest absolute Gasteiger partial charge is 0.191 e. The number of aliphatic imine (C=N–C) groups is 1. The summed E-state index contributed by atoms with van der Waals surface area (Å²) in [4.78, 5) is 6.33. The summed E-state index contributed by atoms with van der Waals surface area (Å²) in [5, 5.41) is 6.64. The maximum Gasteiger partial charge on any atom is 0.191 e. The molecule has 0 heterocycles. The lowest BCUT2D eigenvalue weighted by atomic mass is 10.1. The van der Waals surface area contributed by atoms with E-state index in [1.807, 2.05) is 38.4 Å². The molecule has 0 aromatic heterocycles. The summed E-state index contributed by atoms with van der Waals surface area (Å²) in [5.41, 5.74) is 2.06. The normalized spacial score (nSPS) is 12.6. The van der Waals surface area contributed by atoms with Gasteiger partial charge in [-0.15, -0.1) is 0 Å². The summed E-state index contributed by atoms with van der Waals surface area (Å²) in [6.07, 6.45) is 0.808. The molecule has 0 spiro atoms. The molecule has 0 saturated heterocycles. The highest BCUT2D eigenvalue weighted by atomic mass is 19.1. The first-order valence-electron chi connectivity index (χ1n) is 9.55. The number of methoxy groups -OCH3 is 2. The van der Waals surface area contributed by atoms with Gasteiger partial charge in [0, 0.05) is 20.1 Å². The maximum absolute atomic E-state index is 13.6. The van der Waals surface area contributed by atoms with Crippen molar-refractivity contribution in [2.75, 3.05) is 48.5 Å². The zero-order valence-corrected chi connectivity index (χ0v) is 17.8. The summed E-state index contributed by atoms with van der Waals surface area (Å²) >= 11 is 0. The third-order valence-electron chi connectivity index (χ3n) is 4.70. The van der Waals surface area contributed by atoms with Crippen molar-refractivity contribution in [3.63, 3.8) is 0 Å². The molecule has 0 aliphatic rings. The van der Waals surface area contributed by atoms with E-state index in [4.69, 9.17) is 9.47 Å². The molecular formula is C22H31FN4O2. The molecule has 0 bridgehead atoms. The average Bonchev–Trinajstić information content (AvgIpc) is 2.72. The van der Waals surface area contributed by atoms with Crippen LogP contribution in [0.1, 0.15) is 17.2 Å². The molecular weight excluding hydrogens is 371 g/mol. The highest BCUT2D eigenvalue weighted by Crippen LogP contribution is 2.27. The van der Waals surface area contributed by atoms with Crippen LogP contribution in [0.25, 0.3) is 0 Å². The summed E-state index contributed by atoms with van der Waals surface area (Å²) < 4.78 is 24.2. The average molecular weight is 403 g/mol. The van der Waals surface area contributed by atoms with E-state index in [0.717, 1.165) is 23.3 Å². The van der Waals surface area contributed by atoms with Crippen molar-refractivity contribution >= 4 is 5.96 Å². The Morgan fingerprint density at radius 1 is 1.07 bits per heavy atom. The number of nitrogens with zero attached hydrogens (tertiary/aromatic N) is 2. The van der Waals surface area contributed by atoms with Gasteiger partial charge >= 0.3 is 0 Å². The number of hydrogen-bond donors (Lipinski definition) is 2. The van der Waals surface area contributed by atoms with Crippen molar-refractivity contribution in [1.82, 2.24) is 15.5 Å². The van der Waals surface area contributed by atoms with Gasteiger partial charge in [-0.2, -0.15) is 0 Å². The van der Waals surface area contributed by atoms with E-state index in [9.17, 15) is 4.39 Å². The summed E-state index contributed by atoms with van der Waals surface area (Å²) in [5.74, 6) is 1.91. The van der Waals surface area contributed by atoms with E-state index in [2.05, 4.69) is 20.5 Å². The number of nitrogens with one attached hydrogen (secondary N) is 2. The van der Waals surface area contributed by atoms with Crippen LogP contribution in [0.15, 0.2) is 47.5 Å². The predicted octanol–water partition coefficient (Wildman–Crippen LogP) is 2.85. The summed E-state index contributed by atoms with van der Waals surface area (Å²) in [6, 6.07) is 12.6. The fraction of sp³-hybridized carbons (Fsp3) is 0.409. The Hall–Kier alpha value is -2.80. The molecule has 2 rings (SSSR count). The van der Waals surface area contributed by atoms with Gasteiger partial charge in [-0.1, -0.05) is 18.2 Å². The quantitative estimate of drug-likeness (QED) is 0.499. The number of halogens is 1. The Bertz CT molecular complexity index is 811. The van der Waals surface area contributed by atoms with Crippen LogP contribution in [0, 0.1) is 5.82 Å². The van der Waals surface area contributed by atoms with Gasteiger partial charge in [0.2, 0.25) is 0 Å². The summed E-state index contributed by atoms with van der Waals surface area (Å²) in [7, 11) is 8.94. The highest BCUT2D eigenvalue weighted by molar-refractivity contribution is 5.79. The zero-order valence-electron chi connectivity index (χ0n) is 17.8. The SMILES string of the molecule is CN=C(NCCc1ccc(OC)c(OC)c1)NCC(c1cccc(F)c1)N(C)C. The minimum atomic E-state index is -0.230. The Kier molecular flexibility index (Phi) is 8.73. The van der Waals surface area contributed by atoms with Crippen LogP contribution in [0.4, 0.5) is 4.39 Å². The van der Waals surface area contributed by atoms with Gasteiger partial charge in [-0.05, 0) is 55.9 Å². The molecule has 2 N–H and O–H groups in total. The molecule has 2 aromatic rings. The van der Waals surface area contributed by atoms with Crippen molar-refractivity contribution in [2.24, 2.45) is 4.99 Å². The lowest BCUT2D eigenvalue weighted by molar-refractivity contribution is 0.297. The first-order valence-corrected chi connectivity index (χ1v) is 9.55. The zero-order chi connectivity index (χ0) is 21.2. The van der Waals surface area contributed by atoms with Crippen molar-refractivity contribution in [3.05, 3.63) is 59.4 Å². The predicted molar refractivity (Wildman–Crippen MR) is 115 cm³/mol. The van der Waals surface area contributed by atoms with E-state index >= 15 is 0 Å².